The van der Waals surface area contributed by atoms with Crippen LogP contribution in [-0.4, -0.2) is 16.0 Å². The molecule has 19 heavy (non-hydrogen) atoms. The molecule has 98 valence electrons. The van der Waals surface area contributed by atoms with E-state index in [-0.39, 0.29) is 12.2 Å². The molecule has 0 atom stereocenters. The second-order valence-corrected chi connectivity index (χ2v) is 4.36. The van der Waals surface area contributed by atoms with Gasteiger partial charge in [-0.15, -0.1) is 0 Å². The summed E-state index contributed by atoms with van der Waals surface area (Å²) in [5.41, 5.74) is 1.86. The van der Waals surface area contributed by atoms with Crippen molar-refractivity contribution in [3.05, 3.63) is 58.4 Å². The average Bonchev–Trinajstić information content (AvgIpc) is 2.30. The monoisotopic (exact) mass is 262 g/mol. The lowest BCUT2D eigenvalue weighted by atomic mass is 10.0. The predicted molar refractivity (Wildman–Crippen MR) is 65.9 cm³/mol. The van der Waals surface area contributed by atoms with Gasteiger partial charge in [0.2, 0.25) is 0 Å². The van der Waals surface area contributed by atoms with Gasteiger partial charge in [0.25, 0.3) is 0 Å². The van der Waals surface area contributed by atoms with Gasteiger partial charge in [-0.25, -0.2) is 8.78 Å². The van der Waals surface area contributed by atoms with Crippen LogP contribution in [-0.2, 0) is 6.42 Å². The minimum absolute atomic E-state index is 0.0688. The van der Waals surface area contributed by atoms with Gasteiger partial charge in [0.05, 0.1) is 11.4 Å². The van der Waals surface area contributed by atoms with Crippen LogP contribution >= 0.6 is 0 Å². The standard InChI is InChI=1S/C14H12F2N2O/c1-8-3-13(9(2)18-17-8)14(19)6-10-4-11(15)7-12(16)5-10/h3-5,7H,6H2,1-2H3. The lowest BCUT2D eigenvalue weighted by Gasteiger charge is -2.05. The van der Waals surface area contributed by atoms with E-state index in [9.17, 15) is 13.6 Å². The summed E-state index contributed by atoms with van der Waals surface area (Å²) in [6, 6.07) is 4.70. The van der Waals surface area contributed by atoms with Crippen LogP contribution in [0.25, 0.3) is 0 Å². The van der Waals surface area contributed by atoms with E-state index in [0.717, 1.165) is 18.2 Å². The third kappa shape index (κ3) is 3.19. The minimum atomic E-state index is -0.691. The normalized spacial score (nSPS) is 10.5. The maximum atomic E-state index is 13.1. The molecular formula is C14H12F2N2O. The van der Waals surface area contributed by atoms with E-state index < -0.39 is 11.6 Å². The molecule has 5 heteroatoms. The van der Waals surface area contributed by atoms with Crippen LogP contribution in [0.2, 0.25) is 0 Å². The van der Waals surface area contributed by atoms with Crippen molar-refractivity contribution in [1.82, 2.24) is 10.2 Å². The molecule has 0 aliphatic rings. The highest BCUT2D eigenvalue weighted by molar-refractivity contribution is 5.98. The summed E-state index contributed by atoms with van der Waals surface area (Å²) < 4.78 is 26.1. The largest absolute Gasteiger partial charge is 0.294 e. The molecule has 0 amide bonds. The van der Waals surface area contributed by atoms with Crippen molar-refractivity contribution in [2.75, 3.05) is 0 Å². The van der Waals surface area contributed by atoms with Gasteiger partial charge in [-0.3, -0.25) is 4.79 Å². The first-order valence-corrected chi connectivity index (χ1v) is 5.75. The van der Waals surface area contributed by atoms with Gasteiger partial charge in [0.1, 0.15) is 11.6 Å². The predicted octanol–water partition coefficient (Wildman–Crippen LogP) is 2.80. The van der Waals surface area contributed by atoms with E-state index in [0.29, 0.717) is 22.5 Å². The van der Waals surface area contributed by atoms with Crippen molar-refractivity contribution in [3.63, 3.8) is 0 Å². The summed E-state index contributed by atoms with van der Waals surface area (Å²) in [5.74, 6) is -1.62. The van der Waals surface area contributed by atoms with Gasteiger partial charge in [-0.2, -0.15) is 10.2 Å². The molecule has 0 saturated carbocycles. The van der Waals surface area contributed by atoms with Gasteiger partial charge < -0.3 is 0 Å². The van der Waals surface area contributed by atoms with Gasteiger partial charge >= 0.3 is 0 Å². The molecule has 0 bridgehead atoms. The maximum Gasteiger partial charge on any atom is 0.169 e. The fourth-order valence-electron chi connectivity index (χ4n) is 1.83. The highest BCUT2D eigenvalue weighted by atomic mass is 19.1. The molecule has 0 spiro atoms. The molecule has 1 aromatic carbocycles. The zero-order chi connectivity index (χ0) is 14.0. The van der Waals surface area contributed by atoms with Gasteiger partial charge in [0.15, 0.2) is 5.78 Å². The van der Waals surface area contributed by atoms with Crippen LogP contribution < -0.4 is 0 Å². The van der Waals surface area contributed by atoms with Crippen molar-refractivity contribution in [2.45, 2.75) is 20.3 Å². The fraction of sp³-hybridized carbons (Fsp3) is 0.214. The topological polar surface area (TPSA) is 42.9 Å². The third-order valence-electron chi connectivity index (χ3n) is 2.69. The van der Waals surface area contributed by atoms with Crippen LogP contribution in [0.5, 0.6) is 0 Å². The average molecular weight is 262 g/mol. The van der Waals surface area contributed by atoms with Crippen LogP contribution in [0.4, 0.5) is 8.78 Å². The van der Waals surface area contributed by atoms with E-state index in [1.165, 1.54) is 0 Å². The first kappa shape index (κ1) is 13.3. The summed E-state index contributed by atoms with van der Waals surface area (Å²) in [7, 11) is 0. The Morgan fingerprint density at radius 2 is 1.68 bits per heavy atom. The van der Waals surface area contributed by atoms with Gasteiger partial charge in [0, 0.05) is 18.1 Å². The van der Waals surface area contributed by atoms with Crippen molar-refractivity contribution in [1.29, 1.82) is 0 Å². The lowest BCUT2D eigenvalue weighted by Crippen LogP contribution is -2.09. The summed E-state index contributed by atoms with van der Waals surface area (Å²) in [6.45, 7) is 3.40. The van der Waals surface area contributed by atoms with Crippen LogP contribution in [0.15, 0.2) is 24.3 Å². The Morgan fingerprint density at radius 1 is 1.05 bits per heavy atom. The Kier molecular flexibility index (Phi) is 3.64. The number of aryl methyl sites for hydroxylation is 2. The summed E-state index contributed by atoms with van der Waals surface area (Å²) in [6.07, 6.45) is -0.0688. The fourth-order valence-corrected chi connectivity index (χ4v) is 1.83. The van der Waals surface area contributed by atoms with Crippen LogP contribution in [0.3, 0.4) is 0 Å². The van der Waals surface area contributed by atoms with Gasteiger partial charge in [-0.1, -0.05) is 0 Å². The van der Waals surface area contributed by atoms with Crippen molar-refractivity contribution in [3.8, 4) is 0 Å². The number of hydrogen-bond donors (Lipinski definition) is 0. The summed E-state index contributed by atoms with van der Waals surface area (Å²) >= 11 is 0. The highest BCUT2D eigenvalue weighted by Gasteiger charge is 2.13. The SMILES string of the molecule is Cc1cc(C(=O)Cc2cc(F)cc(F)c2)c(C)nn1. The molecule has 0 aliphatic carbocycles. The molecule has 2 rings (SSSR count). The number of nitrogens with zero attached hydrogens (tertiary/aromatic N) is 2. The van der Waals surface area contributed by atoms with Crippen LogP contribution in [0.1, 0.15) is 27.3 Å². The number of carbonyl (C=O) groups is 1. The molecular weight excluding hydrogens is 250 g/mol. The van der Waals surface area contributed by atoms with Crippen LogP contribution in [0, 0.1) is 25.5 Å². The summed E-state index contributed by atoms with van der Waals surface area (Å²) in [5, 5.41) is 7.69. The molecule has 1 heterocycles. The Morgan fingerprint density at radius 3 is 2.32 bits per heavy atom. The molecule has 3 nitrogen and oxygen atoms in total. The van der Waals surface area contributed by atoms with Crippen molar-refractivity contribution in [2.24, 2.45) is 0 Å². The number of Topliss-reactive ketones (excluding diaryl/α,β-unsaturated/α-hetero) is 1. The molecule has 0 saturated heterocycles. The van der Waals surface area contributed by atoms with E-state index >= 15 is 0 Å². The Balaban J connectivity index is 2.28. The van der Waals surface area contributed by atoms with E-state index in [1.54, 1.807) is 19.9 Å². The molecule has 0 aliphatic heterocycles. The number of aromatic nitrogens is 2. The molecule has 0 N–H and O–H groups in total. The molecule has 0 fully saturated rings. The zero-order valence-electron chi connectivity index (χ0n) is 10.6. The Hall–Kier alpha value is -2.17. The highest BCUT2D eigenvalue weighted by Crippen LogP contribution is 2.13. The molecule has 1 aromatic heterocycles. The lowest BCUT2D eigenvalue weighted by molar-refractivity contribution is 0.0991. The maximum absolute atomic E-state index is 13.1. The molecule has 0 radical (unpaired) electrons. The van der Waals surface area contributed by atoms with Crippen molar-refractivity contribution >= 4 is 5.78 Å². The quantitative estimate of drug-likeness (QED) is 0.799. The second kappa shape index (κ2) is 5.22. The minimum Gasteiger partial charge on any atom is -0.294 e. The number of benzene rings is 1. The third-order valence-corrected chi connectivity index (χ3v) is 2.69. The number of carbonyl (C=O) groups excluding carboxylic acids is 1. The Bertz CT molecular complexity index is 621. The Labute approximate surface area is 109 Å². The smallest absolute Gasteiger partial charge is 0.169 e. The van der Waals surface area contributed by atoms with E-state index in [1.807, 2.05) is 0 Å². The number of hydrogen-bond acceptors (Lipinski definition) is 3. The number of halogens is 2. The van der Waals surface area contributed by atoms with E-state index in [2.05, 4.69) is 10.2 Å². The molecule has 2 aromatic rings. The second-order valence-electron chi connectivity index (χ2n) is 4.36. The number of ketones is 1. The first-order valence-electron chi connectivity index (χ1n) is 5.75. The summed E-state index contributed by atoms with van der Waals surface area (Å²) in [4.78, 5) is 12.1. The van der Waals surface area contributed by atoms with Crippen molar-refractivity contribution < 1.29 is 13.6 Å². The zero-order valence-corrected chi connectivity index (χ0v) is 10.6. The van der Waals surface area contributed by atoms with E-state index in [4.69, 9.17) is 0 Å². The first-order chi connectivity index (χ1) is 8.95. The molecule has 0 unspecified atom stereocenters. The number of rotatable bonds is 3. The van der Waals surface area contributed by atoms with Gasteiger partial charge in [-0.05, 0) is 37.6 Å².